The predicted octanol–water partition coefficient (Wildman–Crippen LogP) is 2.66. The van der Waals surface area contributed by atoms with E-state index in [1.165, 1.54) is 0 Å². The molecular formula is C15H22N4O3S. The molecule has 0 atom stereocenters. The van der Waals surface area contributed by atoms with Crippen LogP contribution in [0.15, 0.2) is 12.1 Å². The lowest BCUT2D eigenvalue weighted by Gasteiger charge is -2.15. The Kier molecular flexibility index (Phi) is 5.86. The quantitative estimate of drug-likeness (QED) is 0.721. The lowest BCUT2D eigenvalue weighted by atomic mass is 10.1. The molecular weight excluding hydrogens is 316 g/mol. The van der Waals surface area contributed by atoms with E-state index in [0.717, 1.165) is 24.2 Å². The maximum Gasteiger partial charge on any atom is 0.214 e. The molecule has 23 heavy (non-hydrogen) atoms. The third-order valence-electron chi connectivity index (χ3n) is 3.43. The second-order valence-electron chi connectivity index (χ2n) is 4.88. The molecule has 1 aromatic carbocycles. The summed E-state index contributed by atoms with van der Waals surface area (Å²) in [5.74, 6) is 2.86. The van der Waals surface area contributed by atoms with Gasteiger partial charge in [0.25, 0.3) is 0 Å². The van der Waals surface area contributed by atoms with Crippen LogP contribution >= 0.6 is 12.2 Å². The van der Waals surface area contributed by atoms with Crippen LogP contribution in [0.1, 0.15) is 24.7 Å². The minimum absolute atomic E-state index is 0.508. The molecule has 2 rings (SSSR count). The zero-order chi connectivity index (χ0) is 16.8. The van der Waals surface area contributed by atoms with Crippen LogP contribution in [0.3, 0.4) is 0 Å². The molecule has 0 aliphatic heterocycles. The molecule has 0 saturated carbocycles. The monoisotopic (exact) mass is 338 g/mol. The van der Waals surface area contributed by atoms with Crippen molar-refractivity contribution in [1.29, 1.82) is 0 Å². The lowest BCUT2D eigenvalue weighted by molar-refractivity contribution is 0.347. The largest absolute Gasteiger partial charge is 0.496 e. The first kappa shape index (κ1) is 17.1. The molecule has 1 heterocycles. The average molecular weight is 338 g/mol. The number of hydrogen-bond donors (Lipinski definition) is 2. The highest BCUT2D eigenvalue weighted by Gasteiger charge is 2.12. The first-order chi connectivity index (χ1) is 11.1. The van der Waals surface area contributed by atoms with E-state index < -0.39 is 0 Å². The van der Waals surface area contributed by atoms with Crippen LogP contribution in [0.4, 0.5) is 0 Å². The van der Waals surface area contributed by atoms with Crippen molar-refractivity contribution in [3.63, 3.8) is 0 Å². The van der Waals surface area contributed by atoms with Gasteiger partial charge in [-0.1, -0.05) is 6.92 Å². The summed E-state index contributed by atoms with van der Waals surface area (Å²) in [6, 6.07) is 3.69. The Morgan fingerprint density at radius 3 is 2.39 bits per heavy atom. The molecule has 2 aromatic rings. The van der Waals surface area contributed by atoms with Gasteiger partial charge in [0.05, 0.1) is 27.9 Å². The molecule has 0 fully saturated rings. The molecule has 1 aromatic heterocycles. The normalized spacial score (nSPS) is 10.4. The van der Waals surface area contributed by atoms with E-state index in [-0.39, 0.29) is 0 Å². The van der Waals surface area contributed by atoms with E-state index in [1.807, 2.05) is 6.07 Å². The molecule has 0 radical (unpaired) electrons. The summed E-state index contributed by atoms with van der Waals surface area (Å²) < 4.78 is 18.4. The number of methoxy groups -OCH3 is 3. The zero-order valence-electron chi connectivity index (χ0n) is 13.8. The Hall–Kier alpha value is -2.22. The summed E-state index contributed by atoms with van der Waals surface area (Å²) in [5.41, 5.74) is 4.20. The van der Waals surface area contributed by atoms with Gasteiger partial charge in [-0.2, -0.15) is 5.10 Å². The lowest BCUT2D eigenvalue weighted by Crippen LogP contribution is -2.18. The van der Waals surface area contributed by atoms with Gasteiger partial charge in [-0.05, 0) is 24.7 Å². The van der Waals surface area contributed by atoms with E-state index in [1.54, 1.807) is 32.1 Å². The molecule has 0 unspecified atom stereocenters. The Morgan fingerprint density at radius 2 is 1.78 bits per heavy atom. The number of nitrogens with one attached hydrogen (secondary N) is 2. The third-order valence-corrected chi connectivity index (χ3v) is 3.70. The molecule has 7 nitrogen and oxygen atoms in total. The summed E-state index contributed by atoms with van der Waals surface area (Å²) in [7, 11) is 4.82. The number of nitrogens with zero attached hydrogens (tertiary/aromatic N) is 2. The molecule has 2 N–H and O–H groups in total. The molecule has 8 heteroatoms. The number of H-pyrrole nitrogens is 1. The Balaban J connectivity index is 2.26. The van der Waals surface area contributed by atoms with Crippen LogP contribution in [0.2, 0.25) is 0 Å². The van der Waals surface area contributed by atoms with Crippen LogP contribution in [-0.2, 0) is 13.0 Å². The van der Waals surface area contributed by atoms with Crippen molar-refractivity contribution in [2.45, 2.75) is 26.3 Å². The minimum Gasteiger partial charge on any atom is -0.496 e. The van der Waals surface area contributed by atoms with Gasteiger partial charge in [0.15, 0.2) is 17.3 Å². The summed E-state index contributed by atoms with van der Waals surface area (Å²) in [4.78, 5) is 0. The summed E-state index contributed by atoms with van der Waals surface area (Å²) >= 11 is 5.26. The number of ether oxygens (including phenoxy) is 3. The van der Waals surface area contributed by atoms with E-state index in [0.29, 0.717) is 28.6 Å². The Bertz CT molecular complexity index is 711. The van der Waals surface area contributed by atoms with Gasteiger partial charge in [0, 0.05) is 18.1 Å². The van der Waals surface area contributed by atoms with Crippen LogP contribution < -0.4 is 19.6 Å². The summed E-state index contributed by atoms with van der Waals surface area (Å²) in [6.45, 7) is 2.60. The fourth-order valence-corrected chi connectivity index (χ4v) is 2.49. The van der Waals surface area contributed by atoms with Crippen LogP contribution in [0.25, 0.3) is 0 Å². The van der Waals surface area contributed by atoms with Gasteiger partial charge in [0.2, 0.25) is 4.77 Å². The number of benzene rings is 1. The van der Waals surface area contributed by atoms with Crippen LogP contribution in [0, 0.1) is 4.77 Å². The Labute approximate surface area is 140 Å². The molecule has 0 bridgehead atoms. The van der Waals surface area contributed by atoms with Crippen molar-refractivity contribution in [1.82, 2.24) is 14.9 Å². The highest BCUT2D eigenvalue weighted by atomic mass is 32.1. The molecule has 0 aliphatic rings. The van der Waals surface area contributed by atoms with Crippen molar-refractivity contribution >= 4 is 12.2 Å². The summed E-state index contributed by atoms with van der Waals surface area (Å²) in [5, 5.41) is 7.03. The van der Waals surface area contributed by atoms with Crippen LogP contribution in [-0.4, -0.2) is 36.2 Å². The van der Waals surface area contributed by atoms with Crippen LogP contribution in [0.5, 0.6) is 17.2 Å². The standard InChI is InChI=1S/C15H22N4O3S/c1-5-6-14-17-18-15(23)19(14)16-9-10-7-12(21-3)13(22-4)8-11(10)20-2/h7-8,16H,5-6,9H2,1-4H3,(H,18,23). The van der Waals surface area contributed by atoms with E-state index in [4.69, 9.17) is 26.4 Å². The first-order valence-corrected chi connectivity index (χ1v) is 7.74. The number of rotatable bonds is 8. The van der Waals surface area contributed by atoms with Crippen molar-refractivity contribution in [3.05, 3.63) is 28.3 Å². The van der Waals surface area contributed by atoms with Gasteiger partial charge in [0.1, 0.15) is 5.75 Å². The maximum atomic E-state index is 5.43. The van der Waals surface area contributed by atoms with Crippen molar-refractivity contribution in [3.8, 4) is 17.2 Å². The predicted molar refractivity (Wildman–Crippen MR) is 90.6 cm³/mol. The third kappa shape index (κ3) is 3.76. The SMILES string of the molecule is CCCc1n[nH]c(=S)n1NCc1cc(OC)c(OC)cc1OC. The average Bonchev–Trinajstić information content (AvgIpc) is 2.92. The maximum absolute atomic E-state index is 5.43. The molecule has 0 aliphatic carbocycles. The van der Waals surface area contributed by atoms with Gasteiger partial charge in [-0.25, -0.2) is 4.68 Å². The topological polar surface area (TPSA) is 73.3 Å². The van der Waals surface area contributed by atoms with Gasteiger partial charge in [-0.3, -0.25) is 5.10 Å². The molecule has 126 valence electrons. The fourth-order valence-electron chi connectivity index (χ4n) is 2.28. The van der Waals surface area contributed by atoms with Crippen molar-refractivity contribution < 1.29 is 14.2 Å². The number of aromatic amines is 1. The first-order valence-electron chi connectivity index (χ1n) is 7.33. The van der Waals surface area contributed by atoms with Crippen molar-refractivity contribution in [2.24, 2.45) is 0 Å². The second-order valence-corrected chi connectivity index (χ2v) is 5.27. The molecule has 0 spiro atoms. The highest BCUT2D eigenvalue weighted by molar-refractivity contribution is 7.71. The summed E-state index contributed by atoms with van der Waals surface area (Å²) in [6.07, 6.45) is 1.82. The number of hydrogen-bond acceptors (Lipinski definition) is 6. The van der Waals surface area contributed by atoms with Gasteiger partial charge >= 0.3 is 0 Å². The smallest absolute Gasteiger partial charge is 0.214 e. The van der Waals surface area contributed by atoms with E-state index in [2.05, 4.69) is 22.5 Å². The minimum atomic E-state index is 0.508. The Morgan fingerprint density at radius 1 is 1.13 bits per heavy atom. The van der Waals surface area contributed by atoms with Gasteiger partial charge < -0.3 is 19.6 Å². The molecule has 0 amide bonds. The van der Waals surface area contributed by atoms with Gasteiger partial charge in [-0.15, -0.1) is 0 Å². The second kappa shape index (κ2) is 7.87. The number of aromatic nitrogens is 3. The highest BCUT2D eigenvalue weighted by Crippen LogP contribution is 2.34. The van der Waals surface area contributed by atoms with E-state index in [9.17, 15) is 0 Å². The number of aryl methyl sites for hydroxylation is 1. The zero-order valence-corrected chi connectivity index (χ0v) is 14.6. The fraction of sp³-hybridized carbons (Fsp3) is 0.467. The van der Waals surface area contributed by atoms with E-state index >= 15 is 0 Å². The van der Waals surface area contributed by atoms with Crippen molar-refractivity contribution in [2.75, 3.05) is 26.8 Å². The molecule has 0 saturated heterocycles.